The number of amides is 1. The third-order valence-electron chi connectivity index (χ3n) is 5.73. The first-order chi connectivity index (χ1) is 14.2. The molecule has 1 fully saturated rings. The Labute approximate surface area is 180 Å². The number of carbonyl (C=O) groups is 1. The van der Waals surface area contributed by atoms with E-state index in [9.17, 15) is 4.79 Å². The number of aliphatic imine (C=N–C) groups is 1. The molecule has 1 aromatic rings. The first kappa shape index (κ1) is 22.0. The molecule has 3 rings (SSSR count). The van der Waals surface area contributed by atoms with Crippen molar-refractivity contribution in [3.63, 3.8) is 0 Å². The van der Waals surface area contributed by atoms with Crippen LogP contribution >= 0.6 is 11.8 Å². The van der Waals surface area contributed by atoms with Gasteiger partial charge < -0.3 is 15.5 Å². The zero-order chi connectivity index (χ0) is 20.5. The molecule has 160 valence electrons. The Morgan fingerprint density at radius 1 is 1.21 bits per heavy atom. The van der Waals surface area contributed by atoms with E-state index in [1.165, 1.54) is 42.6 Å². The van der Waals surface area contributed by atoms with Gasteiger partial charge in [0.25, 0.3) is 0 Å². The lowest BCUT2D eigenvalue weighted by Crippen LogP contribution is -2.45. The fourth-order valence-electron chi connectivity index (χ4n) is 4.27. The molecule has 6 heteroatoms. The van der Waals surface area contributed by atoms with Gasteiger partial charge in [0.1, 0.15) is 0 Å². The maximum absolute atomic E-state index is 12.5. The highest BCUT2D eigenvalue weighted by Crippen LogP contribution is 2.28. The van der Waals surface area contributed by atoms with Crippen LogP contribution in [0.2, 0.25) is 0 Å². The number of nitrogens with zero attached hydrogens (tertiary/aromatic N) is 2. The standard InChI is InChI=1S/C23H36N4OS/c1-3-24-23(26-20-11-7-12-21(15-20)29-4-2)25-14-8-13-22(28)27-16-18-9-5-6-10-19(18)17-27/h5-6,9-10,20-21H,3-4,7-8,11-17H2,1-2H3,(H2,24,25,26). The first-order valence-corrected chi connectivity index (χ1v) is 12.3. The molecule has 5 nitrogen and oxygen atoms in total. The lowest BCUT2D eigenvalue weighted by Gasteiger charge is -2.30. The van der Waals surface area contributed by atoms with Crippen LogP contribution in [0.5, 0.6) is 0 Å². The fourth-order valence-corrected chi connectivity index (χ4v) is 5.44. The van der Waals surface area contributed by atoms with E-state index < -0.39 is 0 Å². The molecular formula is C23H36N4OS. The minimum atomic E-state index is 0.237. The molecule has 1 amide bonds. The Hall–Kier alpha value is -1.69. The average molecular weight is 417 g/mol. The number of rotatable bonds is 8. The van der Waals surface area contributed by atoms with Crippen LogP contribution in [0, 0.1) is 0 Å². The second kappa shape index (κ2) is 11.5. The minimum Gasteiger partial charge on any atom is -0.357 e. The summed E-state index contributed by atoms with van der Waals surface area (Å²) in [6.07, 6.45) is 6.43. The van der Waals surface area contributed by atoms with E-state index in [1.807, 2.05) is 17.0 Å². The Bertz CT molecular complexity index is 666. The van der Waals surface area contributed by atoms with Gasteiger partial charge in [-0.05, 0) is 49.5 Å². The van der Waals surface area contributed by atoms with Crippen molar-refractivity contribution in [1.29, 1.82) is 0 Å². The number of hydrogen-bond acceptors (Lipinski definition) is 3. The van der Waals surface area contributed by atoms with E-state index in [1.54, 1.807) is 0 Å². The largest absolute Gasteiger partial charge is 0.357 e. The molecule has 0 aromatic heterocycles. The summed E-state index contributed by atoms with van der Waals surface area (Å²) in [6.45, 7) is 7.39. The summed E-state index contributed by atoms with van der Waals surface area (Å²) in [5.74, 6) is 2.34. The van der Waals surface area contributed by atoms with Gasteiger partial charge in [0.15, 0.2) is 5.96 Å². The van der Waals surface area contributed by atoms with Crippen LogP contribution in [0.15, 0.2) is 29.3 Å². The average Bonchev–Trinajstić information content (AvgIpc) is 3.16. The number of nitrogens with one attached hydrogen (secondary N) is 2. The first-order valence-electron chi connectivity index (χ1n) is 11.2. The van der Waals surface area contributed by atoms with E-state index in [4.69, 9.17) is 4.99 Å². The Kier molecular flexibility index (Phi) is 8.71. The predicted octanol–water partition coefficient (Wildman–Crippen LogP) is 3.93. The summed E-state index contributed by atoms with van der Waals surface area (Å²) >= 11 is 2.09. The highest BCUT2D eigenvalue weighted by atomic mass is 32.2. The maximum Gasteiger partial charge on any atom is 0.223 e. The molecule has 1 aromatic carbocycles. The highest BCUT2D eigenvalue weighted by molar-refractivity contribution is 7.99. The molecule has 1 aliphatic heterocycles. The van der Waals surface area contributed by atoms with Gasteiger partial charge in [-0.1, -0.05) is 37.6 Å². The number of guanidine groups is 1. The molecule has 1 heterocycles. The van der Waals surface area contributed by atoms with Crippen LogP contribution < -0.4 is 10.6 Å². The van der Waals surface area contributed by atoms with E-state index in [-0.39, 0.29) is 5.91 Å². The van der Waals surface area contributed by atoms with Crippen LogP contribution in [0.25, 0.3) is 0 Å². The van der Waals surface area contributed by atoms with Gasteiger partial charge in [0.2, 0.25) is 5.91 Å². The Morgan fingerprint density at radius 2 is 1.97 bits per heavy atom. The molecule has 0 spiro atoms. The molecule has 1 saturated carbocycles. The molecule has 2 atom stereocenters. The summed E-state index contributed by atoms with van der Waals surface area (Å²) in [5.41, 5.74) is 2.56. The summed E-state index contributed by atoms with van der Waals surface area (Å²) in [4.78, 5) is 19.2. The molecule has 2 aliphatic rings. The van der Waals surface area contributed by atoms with Crippen molar-refractivity contribution in [1.82, 2.24) is 15.5 Å². The van der Waals surface area contributed by atoms with Crippen molar-refractivity contribution in [2.24, 2.45) is 4.99 Å². The molecule has 0 saturated heterocycles. The van der Waals surface area contributed by atoms with E-state index >= 15 is 0 Å². The van der Waals surface area contributed by atoms with Crippen molar-refractivity contribution < 1.29 is 4.79 Å². The van der Waals surface area contributed by atoms with Gasteiger partial charge in [-0.25, -0.2) is 0 Å². The second-order valence-electron chi connectivity index (χ2n) is 7.97. The Balaban J connectivity index is 1.41. The van der Waals surface area contributed by atoms with Crippen LogP contribution in [0.1, 0.15) is 63.5 Å². The van der Waals surface area contributed by atoms with E-state index in [0.717, 1.165) is 37.3 Å². The van der Waals surface area contributed by atoms with Crippen LogP contribution in [-0.4, -0.2) is 46.9 Å². The molecule has 1 aliphatic carbocycles. The summed E-state index contributed by atoms with van der Waals surface area (Å²) < 4.78 is 0. The SMILES string of the molecule is CCNC(=NCCCC(=O)N1Cc2ccccc2C1)NC1CCCC(SCC)C1. The smallest absolute Gasteiger partial charge is 0.223 e. The van der Waals surface area contributed by atoms with Crippen LogP contribution in [-0.2, 0) is 17.9 Å². The van der Waals surface area contributed by atoms with Crippen molar-refractivity contribution >= 4 is 23.6 Å². The van der Waals surface area contributed by atoms with Crippen molar-refractivity contribution in [3.05, 3.63) is 35.4 Å². The molecule has 0 radical (unpaired) electrons. The van der Waals surface area contributed by atoms with Crippen molar-refractivity contribution in [2.75, 3.05) is 18.8 Å². The zero-order valence-electron chi connectivity index (χ0n) is 18.0. The van der Waals surface area contributed by atoms with E-state index in [2.05, 4.69) is 48.4 Å². The normalized spacial score (nSPS) is 21.7. The van der Waals surface area contributed by atoms with Gasteiger partial charge in [0, 0.05) is 43.9 Å². The zero-order valence-corrected chi connectivity index (χ0v) is 18.8. The molecule has 2 N–H and O–H groups in total. The van der Waals surface area contributed by atoms with Crippen LogP contribution in [0.4, 0.5) is 0 Å². The molecule has 2 unspecified atom stereocenters. The van der Waals surface area contributed by atoms with Gasteiger partial charge in [-0.15, -0.1) is 0 Å². The minimum absolute atomic E-state index is 0.237. The Morgan fingerprint density at radius 3 is 2.66 bits per heavy atom. The van der Waals surface area contributed by atoms with Gasteiger partial charge in [-0.3, -0.25) is 9.79 Å². The quantitative estimate of drug-likeness (QED) is 0.383. The lowest BCUT2D eigenvalue weighted by atomic mass is 9.95. The number of fused-ring (bicyclic) bond motifs is 1. The highest BCUT2D eigenvalue weighted by Gasteiger charge is 2.23. The number of carbonyl (C=O) groups excluding carboxylic acids is 1. The van der Waals surface area contributed by atoms with Gasteiger partial charge in [-0.2, -0.15) is 11.8 Å². The lowest BCUT2D eigenvalue weighted by molar-refractivity contribution is -0.131. The molecule has 0 bridgehead atoms. The molecule has 29 heavy (non-hydrogen) atoms. The van der Waals surface area contributed by atoms with E-state index in [0.29, 0.717) is 19.0 Å². The number of hydrogen-bond donors (Lipinski definition) is 2. The van der Waals surface area contributed by atoms with Crippen molar-refractivity contribution in [2.45, 2.75) is 76.8 Å². The number of thioether (sulfide) groups is 1. The maximum atomic E-state index is 12.5. The number of benzene rings is 1. The fraction of sp³-hybridized carbons (Fsp3) is 0.652. The predicted molar refractivity (Wildman–Crippen MR) is 123 cm³/mol. The summed E-state index contributed by atoms with van der Waals surface area (Å²) in [7, 11) is 0. The van der Waals surface area contributed by atoms with Gasteiger partial charge in [0.05, 0.1) is 0 Å². The van der Waals surface area contributed by atoms with Crippen molar-refractivity contribution in [3.8, 4) is 0 Å². The van der Waals surface area contributed by atoms with Gasteiger partial charge >= 0.3 is 0 Å². The molecular weight excluding hydrogens is 380 g/mol. The third-order valence-corrected chi connectivity index (χ3v) is 6.96. The summed E-state index contributed by atoms with van der Waals surface area (Å²) in [5, 5.41) is 7.77. The van der Waals surface area contributed by atoms with Crippen LogP contribution in [0.3, 0.4) is 0 Å². The second-order valence-corrected chi connectivity index (χ2v) is 9.55. The summed E-state index contributed by atoms with van der Waals surface area (Å²) in [6, 6.07) is 8.85. The third kappa shape index (κ3) is 6.66. The topological polar surface area (TPSA) is 56.7 Å². The monoisotopic (exact) mass is 416 g/mol.